The van der Waals surface area contributed by atoms with Crippen LogP contribution < -0.4 is 0 Å². The summed E-state index contributed by atoms with van der Waals surface area (Å²) in [7, 11) is 0. The number of ketones is 1. The van der Waals surface area contributed by atoms with Crippen LogP contribution in [-0.4, -0.2) is 46.6 Å². The zero-order valence-corrected chi connectivity index (χ0v) is 11.5. The SMILES string of the molecule is O=C(CCN1C[C@H]2CC(O)C[C@H]2C1)c1ccc(O)cc1. The molecule has 1 saturated carbocycles. The summed E-state index contributed by atoms with van der Waals surface area (Å²) in [4.78, 5) is 14.4. The number of aromatic hydroxyl groups is 1. The topological polar surface area (TPSA) is 60.8 Å². The number of benzene rings is 1. The molecule has 1 saturated heterocycles. The van der Waals surface area contributed by atoms with E-state index in [0.717, 1.165) is 32.5 Å². The molecule has 1 aliphatic carbocycles. The highest BCUT2D eigenvalue weighted by Gasteiger charge is 2.39. The van der Waals surface area contributed by atoms with Crippen molar-refractivity contribution in [3.8, 4) is 5.75 Å². The number of aliphatic hydroxyl groups excluding tert-OH is 1. The number of phenolic OH excluding ortho intramolecular Hbond substituents is 1. The lowest BCUT2D eigenvalue weighted by molar-refractivity contribution is 0.0964. The molecule has 0 radical (unpaired) electrons. The molecule has 1 unspecified atom stereocenters. The predicted octanol–water partition coefficient (Wildman–Crippen LogP) is 1.67. The van der Waals surface area contributed by atoms with E-state index in [1.54, 1.807) is 24.3 Å². The van der Waals surface area contributed by atoms with Crippen LogP contribution in [0.1, 0.15) is 29.6 Å². The van der Waals surface area contributed by atoms with Crippen LogP contribution in [0.15, 0.2) is 24.3 Å². The van der Waals surface area contributed by atoms with Crippen molar-refractivity contribution in [3.05, 3.63) is 29.8 Å². The van der Waals surface area contributed by atoms with E-state index >= 15 is 0 Å². The summed E-state index contributed by atoms with van der Waals surface area (Å²) in [5, 5.41) is 18.8. The molecular formula is C16H21NO3. The molecule has 2 fully saturated rings. The number of hydrogen-bond acceptors (Lipinski definition) is 4. The molecule has 1 heterocycles. The van der Waals surface area contributed by atoms with Crippen LogP contribution in [0, 0.1) is 11.8 Å². The molecule has 1 aromatic rings. The van der Waals surface area contributed by atoms with Crippen molar-refractivity contribution in [1.29, 1.82) is 0 Å². The number of carbonyl (C=O) groups is 1. The number of fused-ring (bicyclic) bond motifs is 1. The first kappa shape index (κ1) is 13.6. The van der Waals surface area contributed by atoms with Crippen LogP contribution in [0.4, 0.5) is 0 Å². The van der Waals surface area contributed by atoms with E-state index in [1.807, 2.05) is 0 Å². The Morgan fingerprint density at radius 3 is 2.35 bits per heavy atom. The van der Waals surface area contributed by atoms with Crippen molar-refractivity contribution in [2.75, 3.05) is 19.6 Å². The molecule has 1 aromatic carbocycles. The van der Waals surface area contributed by atoms with Gasteiger partial charge in [-0.3, -0.25) is 4.79 Å². The Balaban J connectivity index is 1.48. The molecule has 2 aliphatic rings. The smallest absolute Gasteiger partial charge is 0.164 e. The van der Waals surface area contributed by atoms with Gasteiger partial charge in [-0.1, -0.05) is 0 Å². The molecule has 0 aromatic heterocycles. The number of aliphatic hydroxyl groups is 1. The summed E-state index contributed by atoms with van der Waals surface area (Å²) in [6, 6.07) is 6.45. The summed E-state index contributed by atoms with van der Waals surface area (Å²) >= 11 is 0. The minimum absolute atomic E-state index is 0.106. The second-order valence-electron chi connectivity index (χ2n) is 6.13. The highest BCUT2D eigenvalue weighted by Crippen LogP contribution is 2.37. The van der Waals surface area contributed by atoms with Crippen molar-refractivity contribution in [1.82, 2.24) is 4.90 Å². The van der Waals surface area contributed by atoms with Gasteiger partial charge in [0.1, 0.15) is 5.75 Å². The third-order valence-corrected chi connectivity index (χ3v) is 4.65. The quantitative estimate of drug-likeness (QED) is 0.821. The second-order valence-corrected chi connectivity index (χ2v) is 6.13. The number of Topliss-reactive ketones (excluding diaryl/α,β-unsaturated/α-hetero) is 1. The van der Waals surface area contributed by atoms with Gasteiger partial charge < -0.3 is 15.1 Å². The third-order valence-electron chi connectivity index (χ3n) is 4.65. The molecule has 4 heteroatoms. The van der Waals surface area contributed by atoms with Crippen molar-refractivity contribution in [2.45, 2.75) is 25.4 Å². The predicted molar refractivity (Wildman–Crippen MR) is 75.7 cm³/mol. The van der Waals surface area contributed by atoms with Gasteiger partial charge in [0.2, 0.25) is 0 Å². The van der Waals surface area contributed by atoms with E-state index in [9.17, 15) is 15.0 Å². The lowest BCUT2D eigenvalue weighted by Gasteiger charge is -2.17. The maximum Gasteiger partial charge on any atom is 0.164 e. The highest BCUT2D eigenvalue weighted by atomic mass is 16.3. The fourth-order valence-electron chi connectivity index (χ4n) is 3.60. The average molecular weight is 275 g/mol. The Morgan fingerprint density at radius 1 is 1.15 bits per heavy atom. The van der Waals surface area contributed by atoms with E-state index in [1.165, 1.54) is 0 Å². The van der Waals surface area contributed by atoms with Crippen molar-refractivity contribution >= 4 is 5.78 Å². The lowest BCUT2D eigenvalue weighted by Crippen LogP contribution is -2.25. The van der Waals surface area contributed by atoms with E-state index in [-0.39, 0.29) is 17.6 Å². The second kappa shape index (κ2) is 5.54. The summed E-state index contributed by atoms with van der Waals surface area (Å²) in [6.07, 6.45) is 2.26. The maximum absolute atomic E-state index is 12.1. The Labute approximate surface area is 119 Å². The molecule has 4 nitrogen and oxygen atoms in total. The highest BCUT2D eigenvalue weighted by molar-refractivity contribution is 5.96. The zero-order chi connectivity index (χ0) is 14.1. The largest absolute Gasteiger partial charge is 0.508 e. The van der Waals surface area contributed by atoms with E-state index in [2.05, 4.69) is 4.90 Å². The number of hydrogen-bond donors (Lipinski definition) is 2. The Kier molecular flexibility index (Phi) is 3.76. The Hall–Kier alpha value is -1.39. The van der Waals surface area contributed by atoms with Gasteiger partial charge in [0.15, 0.2) is 5.78 Å². The molecule has 3 atom stereocenters. The fourth-order valence-corrected chi connectivity index (χ4v) is 3.60. The molecule has 0 bridgehead atoms. The average Bonchev–Trinajstić information content (AvgIpc) is 2.93. The summed E-state index contributed by atoms with van der Waals surface area (Å²) < 4.78 is 0. The minimum atomic E-state index is -0.106. The fraction of sp³-hybridized carbons (Fsp3) is 0.562. The normalized spacial score (nSPS) is 29.6. The molecule has 1 aliphatic heterocycles. The van der Waals surface area contributed by atoms with Gasteiger partial charge >= 0.3 is 0 Å². The van der Waals surface area contributed by atoms with E-state index in [0.29, 0.717) is 23.8 Å². The van der Waals surface area contributed by atoms with Gasteiger partial charge in [-0.2, -0.15) is 0 Å². The van der Waals surface area contributed by atoms with Crippen LogP contribution in [0.5, 0.6) is 5.75 Å². The van der Waals surface area contributed by atoms with Crippen LogP contribution >= 0.6 is 0 Å². The summed E-state index contributed by atoms with van der Waals surface area (Å²) in [5.74, 6) is 1.55. The van der Waals surface area contributed by atoms with Crippen molar-refractivity contribution < 1.29 is 15.0 Å². The Bertz CT molecular complexity index is 471. The minimum Gasteiger partial charge on any atom is -0.508 e. The number of likely N-dealkylation sites (tertiary alicyclic amines) is 1. The van der Waals surface area contributed by atoms with E-state index in [4.69, 9.17) is 0 Å². The third kappa shape index (κ3) is 2.86. The molecular weight excluding hydrogens is 254 g/mol. The van der Waals surface area contributed by atoms with Crippen LogP contribution in [0.25, 0.3) is 0 Å². The van der Waals surface area contributed by atoms with Gasteiger partial charge in [0.05, 0.1) is 6.10 Å². The first-order valence-electron chi connectivity index (χ1n) is 7.34. The Morgan fingerprint density at radius 2 is 1.75 bits per heavy atom. The van der Waals surface area contributed by atoms with Gasteiger partial charge in [0, 0.05) is 31.6 Å². The van der Waals surface area contributed by atoms with Crippen LogP contribution in [0.2, 0.25) is 0 Å². The first-order valence-corrected chi connectivity index (χ1v) is 7.34. The number of carbonyl (C=O) groups excluding carboxylic acids is 1. The first-order chi connectivity index (χ1) is 9.61. The molecule has 108 valence electrons. The summed E-state index contributed by atoms with van der Waals surface area (Å²) in [5.41, 5.74) is 0.664. The molecule has 0 amide bonds. The van der Waals surface area contributed by atoms with E-state index < -0.39 is 0 Å². The molecule has 2 N–H and O–H groups in total. The van der Waals surface area contributed by atoms with Crippen LogP contribution in [-0.2, 0) is 0 Å². The van der Waals surface area contributed by atoms with Crippen LogP contribution in [0.3, 0.4) is 0 Å². The zero-order valence-electron chi connectivity index (χ0n) is 11.5. The maximum atomic E-state index is 12.1. The van der Waals surface area contributed by atoms with Gasteiger partial charge in [-0.05, 0) is 48.9 Å². The number of phenols is 1. The van der Waals surface area contributed by atoms with Crippen molar-refractivity contribution in [3.63, 3.8) is 0 Å². The van der Waals surface area contributed by atoms with Crippen molar-refractivity contribution in [2.24, 2.45) is 11.8 Å². The van der Waals surface area contributed by atoms with Gasteiger partial charge in [-0.15, -0.1) is 0 Å². The number of rotatable bonds is 4. The molecule has 3 rings (SSSR count). The molecule has 0 spiro atoms. The van der Waals surface area contributed by atoms with Gasteiger partial charge in [-0.25, -0.2) is 0 Å². The standard InChI is InChI=1S/C16H21NO3/c18-14-3-1-11(2-4-14)16(20)5-6-17-9-12-7-15(19)8-13(12)10-17/h1-4,12-13,15,18-19H,5-10H2/t12-,13+,15?. The number of nitrogens with zero attached hydrogens (tertiary/aromatic N) is 1. The summed E-state index contributed by atoms with van der Waals surface area (Å²) in [6.45, 7) is 2.83. The lowest BCUT2D eigenvalue weighted by atomic mass is 10.0. The molecule has 20 heavy (non-hydrogen) atoms. The monoisotopic (exact) mass is 275 g/mol. The van der Waals surface area contributed by atoms with Gasteiger partial charge in [0.25, 0.3) is 0 Å².